The van der Waals surface area contributed by atoms with Crippen molar-refractivity contribution in [2.24, 2.45) is 5.92 Å². The van der Waals surface area contributed by atoms with Crippen molar-refractivity contribution in [3.8, 4) is 0 Å². The fraction of sp³-hybridized carbons (Fsp3) is 0.520. The van der Waals surface area contributed by atoms with E-state index < -0.39 is 0 Å². The molecule has 160 valence electrons. The highest BCUT2D eigenvalue weighted by Crippen LogP contribution is 2.51. The molecule has 1 amide bonds. The van der Waals surface area contributed by atoms with E-state index in [1.807, 2.05) is 32.3 Å². The van der Waals surface area contributed by atoms with Crippen LogP contribution in [-0.4, -0.2) is 54.4 Å². The van der Waals surface area contributed by atoms with E-state index in [2.05, 4.69) is 48.0 Å². The third kappa shape index (κ3) is 4.01. The maximum absolute atomic E-state index is 12.9. The van der Waals surface area contributed by atoms with Gasteiger partial charge in [0.2, 0.25) is 5.91 Å². The topological polar surface area (TPSA) is 45.7 Å². The minimum Gasteiger partial charge on any atom is -0.360 e. The third-order valence-electron chi connectivity index (χ3n) is 6.63. The van der Waals surface area contributed by atoms with Crippen molar-refractivity contribution in [2.75, 3.05) is 33.7 Å². The number of piperidine rings is 1. The number of nitrogens with zero attached hydrogens (tertiary/aromatic N) is 3. The lowest BCUT2D eigenvalue weighted by Crippen LogP contribution is -2.47. The van der Waals surface area contributed by atoms with Gasteiger partial charge in [0, 0.05) is 52.0 Å². The first-order valence-electron chi connectivity index (χ1n) is 10.9. The fourth-order valence-electron chi connectivity index (χ4n) is 5.15. The minimum atomic E-state index is -0.249. The second-order valence-electron chi connectivity index (χ2n) is 9.41. The maximum Gasteiger partial charge on any atom is 0.226 e. The van der Waals surface area contributed by atoms with Gasteiger partial charge in [-0.05, 0) is 49.9 Å². The summed E-state index contributed by atoms with van der Waals surface area (Å²) in [6, 6.07) is 14.6. The van der Waals surface area contributed by atoms with Crippen molar-refractivity contribution < 1.29 is 9.53 Å². The van der Waals surface area contributed by atoms with E-state index >= 15 is 0 Å². The molecule has 3 heterocycles. The van der Waals surface area contributed by atoms with Crippen LogP contribution in [0.2, 0.25) is 0 Å². The summed E-state index contributed by atoms with van der Waals surface area (Å²) < 4.78 is 6.67. The van der Waals surface area contributed by atoms with Crippen LogP contribution in [0.25, 0.3) is 0 Å². The quantitative estimate of drug-likeness (QED) is 0.760. The van der Waals surface area contributed by atoms with Crippen LogP contribution in [0.3, 0.4) is 0 Å². The van der Waals surface area contributed by atoms with Gasteiger partial charge in [0.25, 0.3) is 0 Å². The molecule has 0 bridgehead atoms. The number of fused-ring (bicyclic) bond motifs is 2. The Labute approximate surface area is 180 Å². The number of hydrogen-bond acceptors (Lipinski definition) is 4. The average molecular weight is 408 g/mol. The van der Waals surface area contributed by atoms with Crippen LogP contribution < -0.4 is 0 Å². The molecule has 2 aromatic rings. The summed E-state index contributed by atoms with van der Waals surface area (Å²) in [4.78, 5) is 21.4. The number of hydrogen-bond donors (Lipinski definition) is 0. The summed E-state index contributed by atoms with van der Waals surface area (Å²) in [6.07, 6.45) is 4.39. The number of pyridine rings is 1. The molecule has 1 unspecified atom stereocenters. The predicted molar refractivity (Wildman–Crippen MR) is 118 cm³/mol. The molecule has 30 heavy (non-hydrogen) atoms. The van der Waals surface area contributed by atoms with Crippen molar-refractivity contribution in [2.45, 2.75) is 44.3 Å². The monoisotopic (exact) mass is 407 g/mol. The smallest absolute Gasteiger partial charge is 0.226 e. The van der Waals surface area contributed by atoms with Gasteiger partial charge in [-0.3, -0.25) is 9.78 Å². The SMILES string of the molecule is CN(C)C(=O)C(Cc1ccccn1)CN1CCC2(CC1)OC(C)(C)c1ccccc12. The van der Waals surface area contributed by atoms with Gasteiger partial charge >= 0.3 is 0 Å². The van der Waals surface area contributed by atoms with E-state index in [1.165, 1.54) is 11.1 Å². The summed E-state index contributed by atoms with van der Waals surface area (Å²) in [7, 11) is 3.68. The molecule has 5 nitrogen and oxygen atoms in total. The van der Waals surface area contributed by atoms with E-state index in [4.69, 9.17) is 4.74 Å². The van der Waals surface area contributed by atoms with Crippen molar-refractivity contribution in [1.29, 1.82) is 0 Å². The molecule has 2 aliphatic rings. The number of aromatic nitrogens is 1. The normalized spacial score (nSPS) is 20.7. The van der Waals surface area contributed by atoms with Gasteiger partial charge in [-0.25, -0.2) is 0 Å². The number of ether oxygens (including phenoxy) is 1. The van der Waals surface area contributed by atoms with Gasteiger partial charge < -0.3 is 14.5 Å². The summed E-state index contributed by atoms with van der Waals surface area (Å²) in [5.41, 5.74) is 3.19. The Morgan fingerprint density at radius 3 is 2.40 bits per heavy atom. The number of amides is 1. The highest BCUT2D eigenvalue weighted by atomic mass is 16.5. The molecule has 5 heteroatoms. The van der Waals surface area contributed by atoms with Crippen molar-refractivity contribution in [1.82, 2.24) is 14.8 Å². The first-order valence-corrected chi connectivity index (χ1v) is 10.9. The van der Waals surface area contributed by atoms with Gasteiger partial charge in [-0.2, -0.15) is 0 Å². The number of carbonyl (C=O) groups is 1. The molecule has 0 aliphatic carbocycles. The molecule has 0 radical (unpaired) electrons. The van der Waals surface area contributed by atoms with Crippen LogP contribution in [-0.2, 0) is 27.2 Å². The van der Waals surface area contributed by atoms with Crippen molar-refractivity contribution in [3.05, 3.63) is 65.5 Å². The molecular weight excluding hydrogens is 374 g/mol. The van der Waals surface area contributed by atoms with E-state index in [1.54, 1.807) is 11.1 Å². The molecule has 0 saturated carbocycles. The molecule has 1 fully saturated rings. The zero-order valence-electron chi connectivity index (χ0n) is 18.6. The van der Waals surface area contributed by atoms with Gasteiger partial charge in [0.1, 0.15) is 0 Å². The number of rotatable bonds is 5. The molecular formula is C25H33N3O2. The zero-order valence-corrected chi connectivity index (χ0v) is 18.6. The Balaban J connectivity index is 1.46. The molecule has 0 N–H and O–H groups in total. The Kier molecular flexibility index (Phi) is 5.69. The summed E-state index contributed by atoms with van der Waals surface area (Å²) in [5.74, 6) is 0.0849. The first kappa shape index (κ1) is 21.0. The van der Waals surface area contributed by atoms with E-state index in [0.717, 1.165) is 38.2 Å². The van der Waals surface area contributed by atoms with Gasteiger partial charge in [0.05, 0.1) is 17.1 Å². The Hall–Kier alpha value is -2.24. The zero-order chi connectivity index (χ0) is 21.4. The molecule has 4 rings (SSSR count). The van der Waals surface area contributed by atoms with E-state index in [0.29, 0.717) is 6.42 Å². The van der Waals surface area contributed by atoms with Gasteiger partial charge in [-0.15, -0.1) is 0 Å². The molecule has 1 aromatic carbocycles. The Morgan fingerprint density at radius 1 is 1.10 bits per heavy atom. The summed E-state index contributed by atoms with van der Waals surface area (Å²) >= 11 is 0. The van der Waals surface area contributed by atoms with Gasteiger partial charge in [0.15, 0.2) is 0 Å². The molecule has 1 aromatic heterocycles. The second kappa shape index (κ2) is 8.12. The summed E-state index contributed by atoms with van der Waals surface area (Å²) in [5, 5.41) is 0. The lowest BCUT2D eigenvalue weighted by Gasteiger charge is -2.41. The first-order chi connectivity index (χ1) is 14.3. The minimum absolute atomic E-state index is 0.0860. The molecule has 1 saturated heterocycles. The second-order valence-corrected chi connectivity index (χ2v) is 9.41. The highest BCUT2D eigenvalue weighted by molar-refractivity contribution is 5.78. The Bertz CT molecular complexity index is 886. The van der Waals surface area contributed by atoms with E-state index in [9.17, 15) is 4.79 Å². The van der Waals surface area contributed by atoms with Crippen molar-refractivity contribution in [3.63, 3.8) is 0 Å². The van der Waals surface area contributed by atoms with Crippen LogP contribution in [0.5, 0.6) is 0 Å². The summed E-state index contributed by atoms with van der Waals surface area (Å²) in [6.45, 7) is 6.97. The van der Waals surface area contributed by atoms with Crippen LogP contribution >= 0.6 is 0 Å². The molecule has 1 atom stereocenters. The molecule has 1 spiro atoms. The van der Waals surface area contributed by atoms with Crippen LogP contribution in [0.4, 0.5) is 0 Å². The molecule has 2 aliphatic heterocycles. The van der Waals surface area contributed by atoms with Gasteiger partial charge in [-0.1, -0.05) is 30.3 Å². The van der Waals surface area contributed by atoms with Crippen molar-refractivity contribution >= 4 is 5.91 Å². The van der Waals surface area contributed by atoms with E-state index in [-0.39, 0.29) is 23.0 Å². The average Bonchev–Trinajstić information content (AvgIpc) is 2.96. The number of likely N-dealkylation sites (tertiary alicyclic amines) is 1. The predicted octanol–water partition coefficient (Wildman–Crippen LogP) is 3.59. The maximum atomic E-state index is 12.9. The largest absolute Gasteiger partial charge is 0.360 e. The van der Waals surface area contributed by atoms with Crippen LogP contribution in [0.1, 0.15) is 43.5 Å². The number of carbonyl (C=O) groups excluding carboxylic acids is 1. The third-order valence-corrected chi connectivity index (χ3v) is 6.63. The highest BCUT2D eigenvalue weighted by Gasteiger charge is 2.50. The standard InChI is InChI=1S/C25H33N3O2/c1-24(2)21-10-5-6-11-22(21)25(30-24)12-15-28(16-13-25)18-19(23(29)27(3)4)17-20-9-7-8-14-26-20/h5-11,14,19H,12-13,15-18H2,1-4H3. The fourth-order valence-corrected chi connectivity index (χ4v) is 5.15. The Morgan fingerprint density at radius 2 is 1.77 bits per heavy atom. The number of benzene rings is 1. The van der Waals surface area contributed by atoms with Crippen LogP contribution in [0, 0.1) is 5.92 Å². The lowest BCUT2D eigenvalue weighted by molar-refractivity contribution is -0.151. The van der Waals surface area contributed by atoms with Crippen LogP contribution in [0.15, 0.2) is 48.7 Å². The lowest BCUT2D eigenvalue weighted by atomic mass is 9.82.